The first-order valence-corrected chi connectivity index (χ1v) is 24.8. The van der Waals surface area contributed by atoms with Crippen LogP contribution >= 0.6 is 0 Å². The molecular formula is C51H90N10O9. The molecule has 4 atom stereocenters. The highest BCUT2D eigenvalue weighted by Gasteiger charge is 2.26. The molecule has 4 fully saturated rings. The van der Waals surface area contributed by atoms with Crippen LogP contribution in [0.2, 0.25) is 0 Å². The third-order valence-electron chi connectivity index (χ3n) is 11.9. The number of ketones is 1. The molecule has 4 aliphatic rings. The molecule has 0 bridgehead atoms. The largest absolute Gasteiger partial charge is 0.378 e. The van der Waals surface area contributed by atoms with Crippen molar-refractivity contribution in [3.05, 3.63) is 36.9 Å². The smallest absolute Gasteiger partial charge is 0.228 e. The van der Waals surface area contributed by atoms with Crippen LogP contribution in [0, 0.1) is 11.8 Å². The predicted octanol–water partition coefficient (Wildman–Crippen LogP) is 5.69. The molecule has 398 valence electrons. The van der Waals surface area contributed by atoms with Crippen LogP contribution in [0.15, 0.2) is 31.2 Å². The van der Waals surface area contributed by atoms with Crippen molar-refractivity contribution in [2.75, 3.05) is 65.6 Å². The molecule has 19 heteroatoms. The summed E-state index contributed by atoms with van der Waals surface area (Å²) in [7, 11) is 1.83. The van der Waals surface area contributed by atoms with Crippen LogP contribution in [-0.4, -0.2) is 185 Å². The lowest BCUT2D eigenvalue weighted by atomic mass is 9.92. The van der Waals surface area contributed by atoms with Gasteiger partial charge >= 0.3 is 0 Å². The Labute approximate surface area is 419 Å². The van der Waals surface area contributed by atoms with Crippen molar-refractivity contribution < 1.29 is 43.1 Å². The van der Waals surface area contributed by atoms with Gasteiger partial charge in [-0.2, -0.15) is 0 Å². The lowest BCUT2D eigenvalue weighted by Gasteiger charge is -2.38. The quantitative estimate of drug-likeness (QED) is 0.343. The van der Waals surface area contributed by atoms with Crippen LogP contribution in [0.25, 0.3) is 0 Å². The number of Topliss-reactive ketones (excluding diaryl/α,β-unsaturated/α-hetero) is 1. The van der Waals surface area contributed by atoms with Gasteiger partial charge in [0.2, 0.25) is 41.4 Å². The van der Waals surface area contributed by atoms with E-state index in [0.29, 0.717) is 81.1 Å². The first kappa shape index (κ1) is 64.5. The molecular weight excluding hydrogens is 897 g/mol. The highest BCUT2D eigenvalue weighted by atomic mass is 16.5. The first-order chi connectivity index (χ1) is 32.6. The van der Waals surface area contributed by atoms with Gasteiger partial charge in [0.05, 0.1) is 19.5 Å². The fourth-order valence-electron chi connectivity index (χ4n) is 8.54. The van der Waals surface area contributed by atoms with E-state index in [2.05, 4.69) is 37.7 Å². The van der Waals surface area contributed by atoms with Gasteiger partial charge in [0.15, 0.2) is 5.78 Å². The maximum Gasteiger partial charge on any atom is 0.228 e. The van der Waals surface area contributed by atoms with E-state index in [4.69, 9.17) is 4.74 Å². The minimum atomic E-state index is -0.0116. The lowest BCUT2D eigenvalue weighted by molar-refractivity contribution is -0.137. The zero-order chi connectivity index (χ0) is 53.8. The fraction of sp³-hybridized carbons (Fsp3) is 0.725. The highest BCUT2D eigenvalue weighted by Crippen LogP contribution is 2.22. The summed E-state index contributed by atoms with van der Waals surface area (Å²) in [6, 6.07) is 1.54. The maximum atomic E-state index is 11.1. The minimum absolute atomic E-state index is 0.00981. The number of imidazole rings is 2. The van der Waals surface area contributed by atoms with E-state index in [1.807, 2.05) is 49.4 Å². The van der Waals surface area contributed by atoms with Gasteiger partial charge in [0, 0.05) is 158 Å². The van der Waals surface area contributed by atoms with E-state index in [1.54, 1.807) is 85.7 Å². The van der Waals surface area contributed by atoms with Crippen molar-refractivity contribution in [1.29, 1.82) is 0 Å². The molecule has 0 N–H and O–H groups in total. The summed E-state index contributed by atoms with van der Waals surface area (Å²) in [5, 5.41) is 0. The number of hydrogen-bond acceptors (Lipinski definition) is 11. The van der Waals surface area contributed by atoms with Crippen LogP contribution in [0.3, 0.4) is 0 Å². The summed E-state index contributed by atoms with van der Waals surface area (Å²) < 4.78 is 8.22. The number of likely N-dealkylation sites (tertiary alicyclic amines) is 2. The van der Waals surface area contributed by atoms with Gasteiger partial charge in [-0.1, -0.05) is 13.8 Å². The number of amides is 6. The number of carbonyl (C=O) groups is 8. The zero-order valence-corrected chi connectivity index (χ0v) is 45.9. The van der Waals surface area contributed by atoms with Crippen molar-refractivity contribution in [2.24, 2.45) is 18.9 Å². The van der Waals surface area contributed by atoms with Crippen molar-refractivity contribution in [1.82, 2.24) is 48.5 Å². The Morgan fingerprint density at radius 3 is 1.26 bits per heavy atom. The second kappa shape index (κ2) is 34.0. The molecule has 2 aromatic heterocycles. The Morgan fingerprint density at radius 2 is 1.03 bits per heavy atom. The van der Waals surface area contributed by atoms with Gasteiger partial charge in [-0.25, -0.2) is 9.97 Å². The summed E-state index contributed by atoms with van der Waals surface area (Å²) in [5.74, 6) is 2.32. The summed E-state index contributed by atoms with van der Waals surface area (Å²) in [5.41, 5.74) is 0.525. The number of piperidine rings is 2. The monoisotopic (exact) mass is 987 g/mol. The van der Waals surface area contributed by atoms with Crippen LogP contribution < -0.4 is 0 Å². The average Bonchev–Trinajstić information content (AvgIpc) is 3.98. The molecule has 70 heavy (non-hydrogen) atoms. The van der Waals surface area contributed by atoms with Gasteiger partial charge in [-0.15, -0.1) is 0 Å². The number of rotatable bonds is 3. The molecule has 0 radical (unpaired) electrons. The summed E-state index contributed by atoms with van der Waals surface area (Å²) in [6.45, 7) is 37.0. The molecule has 4 aliphatic heterocycles. The number of aromatic nitrogens is 4. The third kappa shape index (κ3) is 26.5. The topological polar surface area (TPSA) is 201 Å². The Balaban J connectivity index is 0.000000796. The number of ether oxygens (including phenoxy) is 1. The van der Waals surface area contributed by atoms with E-state index in [0.717, 1.165) is 26.2 Å². The number of morpholine rings is 1. The van der Waals surface area contributed by atoms with E-state index >= 15 is 0 Å². The second-order valence-corrected chi connectivity index (χ2v) is 19.1. The van der Waals surface area contributed by atoms with Gasteiger partial charge in [0.25, 0.3) is 0 Å². The Kier molecular flexibility index (Phi) is 31.3. The Hall–Kier alpha value is -5.46. The molecule has 6 heterocycles. The molecule has 6 rings (SSSR count). The van der Waals surface area contributed by atoms with Crippen molar-refractivity contribution >= 4 is 47.1 Å². The first-order valence-electron chi connectivity index (χ1n) is 24.8. The van der Waals surface area contributed by atoms with Crippen molar-refractivity contribution in [3.63, 3.8) is 0 Å². The summed E-state index contributed by atoms with van der Waals surface area (Å²) in [4.78, 5) is 105. The van der Waals surface area contributed by atoms with Crippen LogP contribution in [0.5, 0.6) is 0 Å². The van der Waals surface area contributed by atoms with E-state index in [1.165, 1.54) is 50.4 Å². The van der Waals surface area contributed by atoms with Gasteiger partial charge < -0.3 is 38.7 Å². The van der Waals surface area contributed by atoms with Crippen LogP contribution in [0.1, 0.15) is 152 Å². The molecule has 4 unspecified atom stereocenters. The molecule has 2 aromatic rings. The van der Waals surface area contributed by atoms with Crippen LogP contribution in [-0.2, 0) is 40.6 Å². The highest BCUT2D eigenvalue weighted by molar-refractivity contribution is 5.91. The van der Waals surface area contributed by atoms with Crippen LogP contribution in [0.4, 0.5) is 0 Å². The number of nitrogens with zero attached hydrogens (tertiary/aromatic N) is 10. The van der Waals surface area contributed by atoms with Gasteiger partial charge in [-0.3, -0.25) is 42.9 Å². The zero-order valence-electron chi connectivity index (χ0n) is 45.9. The van der Waals surface area contributed by atoms with E-state index in [9.17, 15) is 38.4 Å². The van der Waals surface area contributed by atoms with E-state index in [-0.39, 0.29) is 47.1 Å². The standard InChI is InChI=1S/2C9H17NO.C8H14N2O2.C8H17NO.C6H8N2O.C6H11NO2.C5H6N2O/c1-7-4-8(2)6-10(5-7)9(3)11;1-7-5-4-6-8(2)10(7)9(3)11;1-7(11)9-3-5-10(6-4-9)8(2)12;1-6(2)9(7(3)4)8(5)10;1-5(9)6-3-8(2)4-7-6;1-6(8)7-2-4-9-5-3-7;1-5(8)7-3-2-6-4-7/h2*7-8H,4-6H2,1-3H3;3-6H2,1-2H3;6-7H,1-5H3;3-4H,1-2H3;2-5H2,1H3;2-4H,1H3. The Morgan fingerprint density at radius 1 is 0.600 bits per heavy atom. The molecule has 4 saturated heterocycles. The van der Waals surface area contributed by atoms with Gasteiger partial charge in [-0.05, 0) is 79.1 Å². The predicted molar refractivity (Wildman–Crippen MR) is 273 cm³/mol. The third-order valence-corrected chi connectivity index (χ3v) is 11.9. The molecule has 0 spiro atoms. The second-order valence-electron chi connectivity index (χ2n) is 19.1. The SMILES string of the molecule is CC(=O)N(C(C)C)C(C)C.CC(=O)N1C(C)CCCC1C.CC(=O)N1CC(C)CC(C)C1.CC(=O)N1CCN(C(C)=O)CC1.CC(=O)N1CCOCC1.CC(=O)c1cn(C)cn1.CC(=O)n1ccnc1. The van der Waals surface area contributed by atoms with E-state index < -0.39 is 0 Å². The summed E-state index contributed by atoms with van der Waals surface area (Å²) in [6.07, 6.45) is 12.8. The molecule has 0 saturated carbocycles. The normalized spacial score (nSPS) is 19.5. The van der Waals surface area contributed by atoms with Crippen molar-refractivity contribution in [3.8, 4) is 0 Å². The number of piperazine rings is 1. The fourth-order valence-corrected chi connectivity index (χ4v) is 8.54. The molecule has 0 aromatic carbocycles. The molecule has 0 aliphatic carbocycles. The average molecular weight is 987 g/mol. The maximum absolute atomic E-state index is 11.1. The van der Waals surface area contributed by atoms with Gasteiger partial charge in [0.1, 0.15) is 12.0 Å². The number of carbonyl (C=O) groups excluding carboxylic acids is 8. The molecule has 19 nitrogen and oxygen atoms in total. The minimum Gasteiger partial charge on any atom is -0.378 e. The lowest BCUT2D eigenvalue weighted by Crippen LogP contribution is -2.49. The molecule has 6 amide bonds. The summed E-state index contributed by atoms with van der Waals surface area (Å²) >= 11 is 0. The van der Waals surface area contributed by atoms with Crippen molar-refractivity contribution in [2.45, 2.75) is 161 Å². The number of hydrogen-bond donors (Lipinski definition) is 0. The number of aryl methyl sites for hydroxylation is 1. The Bertz CT molecular complexity index is 1840.